The van der Waals surface area contributed by atoms with E-state index in [0.29, 0.717) is 44.6 Å². The van der Waals surface area contributed by atoms with Crippen molar-refractivity contribution in [2.75, 3.05) is 30.6 Å². The first-order valence-corrected chi connectivity index (χ1v) is 9.00. The van der Waals surface area contributed by atoms with Crippen molar-refractivity contribution in [3.05, 3.63) is 52.3 Å². The highest BCUT2D eigenvalue weighted by Crippen LogP contribution is 2.38. The lowest BCUT2D eigenvalue weighted by atomic mass is 10.2. The first-order chi connectivity index (χ1) is 13.4. The Kier molecular flexibility index (Phi) is 5.96. The van der Waals surface area contributed by atoms with E-state index < -0.39 is 0 Å². The van der Waals surface area contributed by atoms with Crippen LogP contribution in [0.15, 0.2) is 36.7 Å². The summed E-state index contributed by atoms with van der Waals surface area (Å²) in [5.74, 6) is 1.87. The van der Waals surface area contributed by atoms with Gasteiger partial charge in [-0.3, -0.25) is 0 Å². The minimum Gasteiger partial charge on any atom is -0.495 e. The molecule has 0 amide bonds. The fraction of sp³-hybridized carbons (Fsp3) is 0.158. The number of aromatic nitrogens is 2. The summed E-state index contributed by atoms with van der Waals surface area (Å²) in [4.78, 5) is 8.45. The Hall–Kier alpha value is -2.90. The zero-order valence-corrected chi connectivity index (χ0v) is 17.0. The number of methoxy groups -OCH3 is 2. The molecule has 2 aromatic carbocycles. The Morgan fingerprint density at radius 1 is 0.893 bits per heavy atom. The predicted molar refractivity (Wildman–Crippen MR) is 114 cm³/mol. The van der Waals surface area contributed by atoms with Gasteiger partial charge in [0.25, 0.3) is 0 Å². The second-order valence-corrected chi connectivity index (χ2v) is 6.72. The van der Waals surface area contributed by atoms with Crippen molar-refractivity contribution in [2.45, 2.75) is 6.92 Å². The van der Waals surface area contributed by atoms with Crippen LogP contribution < -0.4 is 25.8 Å². The standard InChI is InChI=1S/C19H19Cl2N5O2/c1-10-4-5-11(20)6-13(10)25-18-17(22)19(24-9-23-18)26-14-7-12(21)15(27-2)8-16(14)28-3/h4-9H,22H2,1-3H3,(H2,23,24,25,26). The lowest BCUT2D eigenvalue weighted by Gasteiger charge is -2.16. The van der Waals surface area contributed by atoms with E-state index in [-0.39, 0.29) is 0 Å². The van der Waals surface area contributed by atoms with Crippen molar-refractivity contribution in [1.29, 1.82) is 0 Å². The van der Waals surface area contributed by atoms with Crippen LogP contribution in [-0.2, 0) is 0 Å². The molecule has 0 aliphatic heterocycles. The molecule has 0 spiro atoms. The minimum atomic E-state index is 0.330. The van der Waals surface area contributed by atoms with Crippen LogP contribution >= 0.6 is 23.2 Å². The zero-order chi connectivity index (χ0) is 20.3. The number of hydrogen-bond donors (Lipinski definition) is 3. The average molecular weight is 420 g/mol. The Balaban J connectivity index is 1.94. The summed E-state index contributed by atoms with van der Waals surface area (Å²) in [6.45, 7) is 1.96. The molecule has 3 aromatic rings. The predicted octanol–water partition coefficient (Wildman–Crippen LogP) is 5.18. The largest absolute Gasteiger partial charge is 0.495 e. The summed E-state index contributed by atoms with van der Waals surface area (Å²) in [7, 11) is 3.08. The molecule has 0 radical (unpaired) electrons. The van der Waals surface area contributed by atoms with E-state index in [9.17, 15) is 0 Å². The van der Waals surface area contributed by atoms with E-state index in [1.165, 1.54) is 13.4 Å². The lowest BCUT2D eigenvalue weighted by molar-refractivity contribution is 0.396. The van der Waals surface area contributed by atoms with E-state index in [2.05, 4.69) is 20.6 Å². The third-order valence-electron chi connectivity index (χ3n) is 4.06. The van der Waals surface area contributed by atoms with Crippen LogP contribution in [0.25, 0.3) is 0 Å². The van der Waals surface area contributed by atoms with Crippen LogP contribution in [0.4, 0.5) is 28.7 Å². The van der Waals surface area contributed by atoms with Gasteiger partial charge in [-0.25, -0.2) is 9.97 Å². The molecule has 0 aliphatic carbocycles. The van der Waals surface area contributed by atoms with Crippen LogP contribution in [0.2, 0.25) is 10.0 Å². The van der Waals surface area contributed by atoms with Crippen LogP contribution in [0.5, 0.6) is 11.5 Å². The fourth-order valence-electron chi connectivity index (χ4n) is 2.54. The van der Waals surface area contributed by atoms with E-state index >= 15 is 0 Å². The summed E-state index contributed by atoms with van der Waals surface area (Å²) in [5.41, 5.74) is 8.99. The third kappa shape index (κ3) is 4.16. The molecule has 9 heteroatoms. The molecular weight excluding hydrogens is 401 g/mol. The summed E-state index contributed by atoms with van der Waals surface area (Å²) in [5, 5.41) is 7.35. The maximum Gasteiger partial charge on any atom is 0.159 e. The Morgan fingerprint density at radius 3 is 2.18 bits per heavy atom. The lowest BCUT2D eigenvalue weighted by Crippen LogP contribution is -2.06. The summed E-state index contributed by atoms with van der Waals surface area (Å²) >= 11 is 12.3. The average Bonchev–Trinajstić information content (AvgIpc) is 2.68. The van der Waals surface area contributed by atoms with Crippen molar-refractivity contribution in [1.82, 2.24) is 9.97 Å². The van der Waals surface area contributed by atoms with Gasteiger partial charge in [0.2, 0.25) is 0 Å². The molecule has 0 saturated heterocycles. The topological polar surface area (TPSA) is 94.3 Å². The van der Waals surface area contributed by atoms with Gasteiger partial charge in [-0.05, 0) is 30.7 Å². The number of aryl methyl sites for hydroxylation is 1. The van der Waals surface area contributed by atoms with Crippen molar-refractivity contribution in [2.24, 2.45) is 0 Å². The molecule has 0 fully saturated rings. The molecule has 3 rings (SSSR count). The second kappa shape index (κ2) is 8.41. The number of nitrogen functional groups attached to an aromatic ring is 1. The van der Waals surface area contributed by atoms with E-state index in [0.717, 1.165) is 11.3 Å². The summed E-state index contributed by atoms with van der Waals surface area (Å²) in [6, 6.07) is 8.88. The molecule has 0 saturated carbocycles. The minimum absolute atomic E-state index is 0.330. The van der Waals surface area contributed by atoms with Gasteiger partial charge >= 0.3 is 0 Å². The fourth-order valence-corrected chi connectivity index (χ4v) is 2.95. The van der Waals surface area contributed by atoms with E-state index in [1.54, 1.807) is 25.3 Å². The van der Waals surface area contributed by atoms with Gasteiger partial charge < -0.3 is 25.8 Å². The van der Waals surface area contributed by atoms with Gasteiger partial charge in [0.15, 0.2) is 11.6 Å². The summed E-state index contributed by atoms with van der Waals surface area (Å²) in [6.07, 6.45) is 1.40. The number of nitrogens with two attached hydrogens (primary N) is 1. The highest BCUT2D eigenvalue weighted by atomic mass is 35.5. The molecule has 0 unspecified atom stereocenters. The third-order valence-corrected chi connectivity index (χ3v) is 4.59. The number of nitrogens with one attached hydrogen (secondary N) is 2. The van der Waals surface area contributed by atoms with Gasteiger partial charge in [0.1, 0.15) is 23.5 Å². The number of anilines is 5. The number of rotatable bonds is 6. The number of hydrogen-bond acceptors (Lipinski definition) is 7. The van der Waals surface area contributed by atoms with Crippen LogP contribution in [0, 0.1) is 6.92 Å². The second-order valence-electron chi connectivity index (χ2n) is 5.88. The molecular formula is C19H19Cl2N5O2. The number of halogens is 2. The zero-order valence-electron chi connectivity index (χ0n) is 15.5. The smallest absolute Gasteiger partial charge is 0.159 e. The van der Waals surface area contributed by atoms with Gasteiger partial charge in [-0.2, -0.15) is 0 Å². The number of ether oxygens (including phenoxy) is 2. The highest BCUT2D eigenvalue weighted by Gasteiger charge is 2.14. The van der Waals surface area contributed by atoms with Gasteiger partial charge in [-0.1, -0.05) is 29.3 Å². The number of nitrogens with zero attached hydrogens (tertiary/aromatic N) is 2. The maximum absolute atomic E-state index is 6.27. The molecule has 0 atom stereocenters. The molecule has 4 N–H and O–H groups in total. The Bertz CT molecular complexity index is 1010. The van der Waals surface area contributed by atoms with Crippen molar-refractivity contribution >= 4 is 51.9 Å². The van der Waals surface area contributed by atoms with E-state index in [4.69, 9.17) is 38.4 Å². The normalized spacial score (nSPS) is 10.5. The molecule has 0 aliphatic rings. The highest BCUT2D eigenvalue weighted by molar-refractivity contribution is 6.32. The van der Waals surface area contributed by atoms with Crippen molar-refractivity contribution < 1.29 is 9.47 Å². The molecule has 1 heterocycles. The molecule has 1 aromatic heterocycles. The maximum atomic E-state index is 6.27. The quantitative estimate of drug-likeness (QED) is 0.506. The molecule has 7 nitrogen and oxygen atoms in total. The molecule has 146 valence electrons. The van der Waals surface area contributed by atoms with Gasteiger partial charge in [0, 0.05) is 16.8 Å². The van der Waals surface area contributed by atoms with Crippen LogP contribution in [0.3, 0.4) is 0 Å². The van der Waals surface area contributed by atoms with Gasteiger partial charge in [-0.15, -0.1) is 0 Å². The Labute approximate surface area is 172 Å². The van der Waals surface area contributed by atoms with Crippen molar-refractivity contribution in [3.63, 3.8) is 0 Å². The van der Waals surface area contributed by atoms with Crippen LogP contribution in [-0.4, -0.2) is 24.2 Å². The Morgan fingerprint density at radius 2 is 1.54 bits per heavy atom. The first-order valence-electron chi connectivity index (χ1n) is 8.25. The number of benzene rings is 2. The monoisotopic (exact) mass is 419 g/mol. The summed E-state index contributed by atoms with van der Waals surface area (Å²) < 4.78 is 10.6. The van der Waals surface area contributed by atoms with E-state index in [1.807, 2.05) is 19.1 Å². The van der Waals surface area contributed by atoms with Crippen LogP contribution in [0.1, 0.15) is 5.56 Å². The molecule has 0 bridgehead atoms. The van der Waals surface area contributed by atoms with Gasteiger partial charge in [0.05, 0.1) is 24.9 Å². The van der Waals surface area contributed by atoms with Crippen molar-refractivity contribution in [3.8, 4) is 11.5 Å². The SMILES string of the molecule is COc1cc(OC)c(Nc2ncnc(Nc3cc(Cl)ccc3C)c2N)cc1Cl. The first kappa shape index (κ1) is 19.9. The molecule has 28 heavy (non-hydrogen) atoms.